The predicted octanol–water partition coefficient (Wildman–Crippen LogP) is 2.61. The Morgan fingerprint density at radius 1 is 1.64 bits per heavy atom. The summed E-state index contributed by atoms with van der Waals surface area (Å²) in [6.45, 7) is 1.85. The van der Waals surface area contributed by atoms with E-state index in [1.54, 1.807) is 6.07 Å². The van der Waals surface area contributed by atoms with Gasteiger partial charge in [-0.3, -0.25) is 4.79 Å². The molecule has 1 rings (SSSR count). The molecule has 0 aliphatic rings. The molecule has 0 fully saturated rings. The molecule has 0 bridgehead atoms. The van der Waals surface area contributed by atoms with Gasteiger partial charge in [0.2, 0.25) is 0 Å². The summed E-state index contributed by atoms with van der Waals surface area (Å²) in [6, 6.07) is 5.47. The van der Waals surface area contributed by atoms with E-state index < -0.39 is 5.97 Å². The fraction of sp³-hybridized carbons (Fsp3) is 0.300. The summed E-state index contributed by atoms with van der Waals surface area (Å²) in [4.78, 5) is 10.5. The number of anilines is 1. The standard InChI is InChI=1S/C10H12BrNO2/c1-6(5-9(13)14)10-7(11)3-2-4-8(10)12/h2-4,6H,5,12H2,1H3,(H,13,14). The van der Waals surface area contributed by atoms with E-state index in [0.717, 1.165) is 10.0 Å². The van der Waals surface area contributed by atoms with Crippen LogP contribution >= 0.6 is 15.9 Å². The minimum atomic E-state index is -0.812. The number of hydrogen-bond donors (Lipinski definition) is 2. The highest BCUT2D eigenvalue weighted by Gasteiger charge is 2.15. The number of nitrogen functional groups attached to an aromatic ring is 1. The van der Waals surface area contributed by atoms with Crippen LogP contribution in [0.1, 0.15) is 24.8 Å². The zero-order valence-electron chi connectivity index (χ0n) is 7.83. The second kappa shape index (κ2) is 4.46. The molecule has 0 saturated heterocycles. The summed E-state index contributed by atoms with van der Waals surface area (Å²) in [5.41, 5.74) is 7.28. The fourth-order valence-electron chi connectivity index (χ4n) is 1.44. The van der Waals surface area contributed by atoms with Crippen LogP contribution in [-0.2, 0) is 4.79 Å². The van der Waals surface area contributed by atoms with Crippen molar-refractivity contribution in [2.45, 2.75) is 19.3 Å². The smallest absolute Gasteiger partial charge is 0.303 e. The minimum absolute atomic E-state index is 0.0805. The van der Waals surface area contributed by atoms with E-state index in [0.29, 0.717) is 5.69 Å². The third-order valence-corrected chi connectivity index (χ3v) is 2.75. The molecule has 1 aromatic carbocycles. The Morgan fingerprint density at radius 2 is 2.29 bits per heavy atom. The van der Waals surface area contributed by atoms with Crippen LogP contribution in [0.5, 0.6) is 0 Å². The molecule has 3 nitrogen and oxygen atoms in total. The third-order valence-electron chi connectivity index (χ3n) is 2.06. The lowest BCUT2D eigenvalue weighted by Gasteiger charge is -2.13. The van der Waals surface area contributed by atoms with Gasteiger partial charge in [0, 0.05) is 10.2 Å². The van der Waals surface area contributed by atoms with Gasteiger partial charge in [0.05, 0.1) is 6.42 Å². The molecule has 0 amide bonds. The Morgan fingerprint density at radius 3 is 2.79 bits per heavy atom. The predicted molar refractivity (Wildman–Crippen MR) is 59.2 cm³/mol. The number of benzene rings is 1. The van der Waals surface area contributed by atoms with Crippen LogP contribution in [0, 0.1) is 0 Å². The van der Waals surface area contributed by atoms with Crippen molar-refractivity contribution in [2.75, 3.05) is 5.73 Å². The Bertz CT molecular complexity index is 332. The van der Waals surface area contributed by atoms with Crippen molar-refractivity contribution in [3.05, 3.63) is 28.2 Å². The average molecular weight is 258 g/mol. The highest BCUT2D eigenvalue weighted by molar-refractivity contribution is 9.10. The van der Waals surface area contributed by atoms with Gasteiger partial charge >= 0.3 is 5.97 Å². The maximum Gasteiger partial charge on any atom is 0.303 e. The van der Waals surface area contributed by atoms with Crippen LogP contribution in [0.2, 0.25) is 0 Å². The maximum absolute atomic E-state index is 10.5. The second-order valence-electron chi connectivity index (χ2n) is 3.24. The quantitative estimate of drug-likeness (QED) is 0.819. The lowest BCUT2D eigenvalue weighted by Crippen LogP contribution is -2.06. The molecule has 0 aromatic heterocycles. The van der Waals surface area contributed by atoms with E-state index in [1.807, 2.05) is 19.1 Å². The number of carbonyl (C=O) groups is 1. The molecule has 14 heavy (non-hydrogen) atoms. The first-order valence-electron chi connectivity index (χ1n) is 4.28. The molecule has 0 aliphatic heterocycles. The van der Waals surface area contributed by atoms with Gasteiger partial charge in [0.25, 0.3) is 0 Å². The Labute approximate surface area is 91.1 Å². The Hall–Kier alpha value is -1.03. The number of carboxylic acids is 1. The number of hydrogen-bond acceptors (Lipinski definition) is 2. The van der Waals surface area contributed by atoms with Gasteiger partial charge in [-0.15, -0.1) is 0 Å². The van der Waals surface area contributed by atoms with E-state index >= 15 is 0 Å². The lowest BCUT2D eigenvalue weighted by atomic mass is 9.96. The second-order valence-corrected chi connectivity index (χ2v) is 4.10. The fourth-order valence-corrected chi connectivity index (χ4v) is 2.21. The first-order valence-corrected chi connectivity index (χ1v) is 5.07. The molecule has 1 atom stereocenters. The topological polar surface area (TPSA) is 63.3 Å². The zero-order chi connectivity index (χ0) is 10.7. The van der Waals surface area contributed by atoms with Crippen LogP contribution < -0.4 is 5.73 Å². The highest BCUT2D eigenvalue weighted by Crippen LogP contribution is 2.31. The van der Waals surface area contributed by atoms with Crippen molar-refractivity contribution < 1.29 is 9.90 Å². The summed E-state index contributed by atoms with van der Waals surface area (Å²) >= 11 is 3.36. The molecule has 0 radical (unpaired) electrons. The molecule has 76 valence electrons. The SMILES string of the molecule is CC(CC(=O)O)c1c(N)cccc1Br. The summed E-state index contributed by atoms with van der Waals surface area (Å²) in [7, 11) is 0. The van der Waals surface area contributed by atoms with Crippen LogP contribution in [0.3, 0.4) is 0 Å². The van der Waals surface area contributed by atoms with E-state index in [1.165, 1.54) is 0 Å². The Balaban J connectivity index is 2.99. The lowest BCUT2D eigenvalue weighted by molar-refractivity contribution is -0.137. The van der Waals surface area contributed by atoms with E-state index in [2.05, 4.69) is 15.9 Å². The van der Waals surface area contributed by atoms with Gasteiger partial charge < -0.3 is 10.8 Å². The van der Waals surface area contributed by atoms with Crippen molar-refractivity contribution in [2.24, 2.45) is 0 Å². The molecular formula is C10H12BrNO2. The van der Waals surface area contributed by atoms with Crippen molar-refractivity contribution >= 4 is 27.6 Å². The molecular weight excluding hydrogens is 246 g/mol. The van der Waals surface area contributed by atoms with Gasteiger partial charge in [-0.05, 0) is 23.6 Å². The van der Waals surface area contributed by atoms with Gasteiger partial charge in [-0.2, -0.15) is 0 Å². The first kappa shape index (κ1) is 11.0. The van der Waals surface area contributed by atoms with Gasteiger partial charge in [0.15, 0.2) is 0 Å². The summed E-state index contributed by atoms with van der Waals surface area (Å²) in [5, 5.41) is 8.67. The van der Waals surface area contributed by atoms with Gasteiger partial charge in [0.1, 0.15) is 0 Å². The molecule has 0 spiro atoms. The van der Waals surface area contributed by atoms with Crippen LogP contribution in [-0.4, -0.2) is 11.1 Å². The monoisotopic (exact) mass is 257 g/mol. The van der Waals surface area contributed by atoms with Crippen molar-refractivity contribution in [1.82, 2.24) is 0 Å². The zero-order valence-corrected chi connectivity index (χ0v) is 9.41. The molecule has 3 N–H and O–H groups in total. The average Bonchev–Trinajstić information content (AvgIpc) is 2.01. The molecule has 0 aliphatic carbocycles. The third kappa shape index (κ3) is 2.48. The van der Waals surface area contributed by atoms with Gasteiger partial charge in [-0.25, -0.2) is 0 Å². The van der Waals surface area contributed by atoms with Crippen molar-refractivity contribution in [3.8, 4) is 0 Å². The van der Waals surface area contributed by atoms with Crippen LogP contribution in [0.4, 0.5) is 5.69 Å². The van der Waals surface area contributed by atoms with E-state index in [-0.39, 0.29) is 12.3 Å². The minimum Gasteiger partial charge on any atom is -0.481 e. The highest BCUT2D eigenvalue weighted by atomic mass is 79.9. The molecule has 0 heterocycles. The largest absolute Gasteiger partial charge is 0.481 e. The normalized spacial score (nSPS) is 12.4. The number of nitrogens with two attached hydrogens (primary N) is 1. The summed E-state index contributed by atoms with van der Waals surface area (Å²) in [6.07, 6.45) is 0.0901. The molecule has 0 saturated carbocycles. The first-order chi connectivity index (χ1) is 6.52. The maximum atomic E-state index is 10.5. The molecule has 1 aromatic rings. The summed E-state index contributed by atoms with van der Waals surface area (Å²) in [5.74, 6) is -0.893. The number of halogens is 1. The molecule has 1 unspecified atom stereocenters. The number of rotatable bonds is 3. The van der Waals surface area contributed by atoms with Crippen molar-refractivity contribution in [3.63, 3.8) is 0 Å². The molecule has 4 heteroatoms. The van der Waals surface area contributed by atoms with Crippen LogP contribution in [0.15, 0.2) is 22.7 Å². The van der Waals surface area contributed by atoms with E-state index in [4.69, 9.17) is 10.8 Å². The number of carboxylic acid groups (broad SMARTS) is 1. The van der Waals surface area contributed by atoms with Crippen molar-refractivity contribution in [1.29, 1.82) is 0 Å². The van der Waals surface area contributed by atoms with E-state index in [9.17, 15) is 4.79 Å². The van der Waals surface area contributed by atoms with Gasteiger partial charge in [-0.1, -0.05) is 28.9 Å². The number of aliphatic carboxylic acids is 1. The Kier molecular flexibility index (Phi) is 3.52. The van der Waals surface area contributed by atoms with Crippen LogP contribution in [0.25, 0.3) is 0 Å². The summed E-state index contributed by atoms with van der Waals surface area (Å²) < 4.78 is 0.867.